The second kappa shape index (κ2) is 6.00. The Balaban J connectivity index is 2.04. The molecule has 25 heavy (non-hydrogen) atoms. The van der Waals surface area contributed by atoms with Gasteiger partial charge in [0.1, 0.15) is 0 Å². The summed E-state index contributed by atoms with van der Waals surface area (Å²) >= 11 is 0. The van der Waals surface area contributed by atoms with Crippen LogP contribution >= 0.6 is 0 Å². The third-order valence-electron chi connectivity index (χ3n) is 3.48. The molecule has 2 aromatic carbocycles. The minimum absolute atomic E-state index is 0.0774. The van der Waals surface area contributed by atoms with Crippen LogP contribution in [-0.4, -0.2) is 27.7 Å². The molecular weight excluding hydrogens is 350 g/mol. The summed E-state index contributed by atoms with van der Waals surface area (Å²) in [6.07, 6.45) is 0. The molecule has 1 aromatic heterocycles. The lowest BCUT2D eigenvalue weighted by atomic mass is 10.1. The van der Waals surface area contributed by atoms with E-state index in [1.807, 2.05) is 0 Å². The van der Waals surface area contributed by atoms with Crippen molar-refractivity contribution in [2.24, 2.45) is 0 Å². The van der Waals surface area contributed by atoms with E-state index in [2.05, 4.69) is 5.10 Å². The van der Waals surface area contributed by atoms with Gasteiger partial charge in [-0.2, -0.15) is 8.42 Å². The van der Waals surface area contributed by atoms with E-state index in [0.29, 0.717) is 11.3 Å². The van der Waals surface area contributed by atoms with Crippen molar-refractivity contribution in [3.63, 3.8) is 0 Å². The van der Waals surface area contributed by atoms with Gasteiger partial charge < -0.3 is 0 Å². The SMILES string of the molecule is O=c1cc(-c2ccc([N+](=O)[O-])cc2)[nH]n1-c1cccc(S(=O)(=O)O)c1. The second-order valence-electron chi connectivity index (χ2n) is 5.12. The van der Waals surface area contributed by atoms with Crippen LogP contribution in [0.3, 0.4) is 0 Å². The molecule has 0 aliphatic carbocycles. The highest BCUT2D eigenvalue weighted by Crippen LogP contribution is 2.21. The molecular formula is C15H11N3O6S. The molecule has 3 aromatic rings. The van der Waals surface area contributed by atoms with Crippen LogP contribution in [-0.2, 0) is 10.1 Å². The van der Waals surface area contributed by atoms with Crippen LogP contribution in [0.5, 0.6) is 0 Å². The van der Waals surface area contributed by atoms with E-state index in [9.17, 15) is 23.3 Å². The standard InChI is InChI=1S/C15H11N3O6S/c19-15-9-14(10-4-6-11(7-5-10)18(20)21)16-17(15)12-2-1-3-13(8-12)25(22,23)24/h1-9,16H,(H,22,23,24). The largest absolute Gasteiger partial charge is 0.294 e. The van der Waals surface area contributed by atoms with Crippen LogP contribution < -0.4 is 5.56 Å². The maximum atomic E-state index is 12.2. The second-order valence-corrected chi connectivity index (χ2v) is 6.54. The Bertz CT molecular complexity index is 1110. The zero-order valence-electron chi connectivity index (χ0n) is 12.5. The maximum absolute atomic E-state index is 12.2. The maximum Gasteiger partial charge on any atom is 0.294 e. The lowest BCUT2D eigenvalue weighted by Gasteiger charge is -2.04. The molecule has 0 aliphatic rings. The van der Waals surface area contributed by atoms with E-state index in [1.54, 1.807) is 0 Å². The Kier molecular flexibility index (Phi) is 3.99. The molecule has 0 saturated heterocycles. The first-order valence-electron chi connectivity index (χ1n) is 6.90. The van der Waals surface area contributed by atoms with E-state index >= 15 is 0 Å². The Morgan fingerprint density at radius 3 is 2.36 bits per heavy atom. The van der Waals surface area contributed by atoms with E-state index < -0.39 is 20.6 Å². The van der Waals surface area contributed by atoms with Crippen LogP contribution in [0.1, 0.15) is 0 Å². The van der Waals surface area contributed by atoms with Gasteiger partial charge in [-0.25, -0.2) is 4.68 Å². The average Bonchev–Trinajstić information content (AvgIpc) is 2.96. The summed E-state index contributed by atoms with van der Waals surface area (Å²) < 4.78 is 32.6. The van der Waals surface area contributed by atoms with Gasteiger partial charge in [0, 0.05) is 23.8 Å². The minimum atomic E-state index is -4.40. The van der Waals surface area contributed by atoms with Crippen LogP contribution in [0.4, 0.5) is 5.69 Å². The van der Waals surface area contributed by atoms with Crippen LogP contribution in [0.25, 0.3) is 16.9 Å². The number of non-ortho nitro benzene ring substituents is 1. The highest BCUT2D eigenvalue weighted by Gasteiger charge is 2.13. The van der Waals surface area contributed by atoms with Crippen LogP contribution in [0, 0.1) is 10.1 Å². The number of hydrogen-bond donors (Lipinski definition) is 2. The molecule has 0 aliphatic heterocycles. The summed E-state index contributed by atoms with van der Waals surface area (Å²) in [7, 11) is -4.40. The molecule has 0 unspecified atom stereocenters. The average molecular weight is 361 g/mol. The van der Waals surface area contributed by atoms with Gasteiger partial charge in [0.15, 0.2) is 0 Å². The molecule has 9 nitrogen and oxygen atoms in total. The van der Waals surface area contributed by atoms with Gasteiger partial charge in [-0.1, -0.05) is 6.07 Å². The molecule has 10 heteroatoms. The number of nitrogens with one attached hydrogen (secondary N) is 1. The zero-order valence-corrected chi connectivity index (χ0v) is 13.3. The molecule has 2 N–H and O–H groups in total. The fourth-order valence-electron chi connectivity index (χ4n) is 2.28. The predicted molar refractivity (Wildman–Crippen MR) is 88.3 cm³/mol. The number of benzene rings is 2. The van der Waals surface area contributed by atoms with Crippen molar-refractivity contribution in [1.29, 1.82) is 0 Å². The summed E-state index contributed by atoms with van der Waals surface area (Å²) in [6, 6.07) is 12.1. The molecule has 3 rings (SSSR count). The van der Waals surface area contributed by atoms with Crippen LogP contribution in [0.15, 0.2) is 64.3 Å². The third-order valence-corrected chi connectivity index (χ3v) is 4.33. The number of aromatic amines is 1. The number of nitro benzene ring substituents is 1. The molecule has 0 bridgehead atoms. The third kappa shape index (κ3) is 3.34. The van der Waals surface area contributed by atoms with Crippen molar-refractivity contribution in [3.8, 4) is 16.9 Å². The molecule has 0 atom stereocenters. The number of hydrogen-bond acceptors (Lipinski definition) is 5. The van der Waals surface area contributed by atoms with Gasteiger partial charge in [-0.3, -0.25) is 24.6 Å². The Morgan fingerprint density at radius 2 is 1.76 bits per heavy atom. The Hall–Kier alpha value is -3.24. The normalized spacial score (nSPS) is 11.4. The number of nitrogens with zero attached hydrogens (tertiary/aromatic N) is 2. The van der Waals surface area contributed by atoms with Crippen molar-refractivity contribution < 1.29 is 17.9 Å². The molecule has 1 heterocycles. The predicted octanol–water partition coefficient (Wildman–Crippen LogP) is 1.99. The number of nitro groups is 1. The topological polar surface area (TPSA) is 135 Å². The Morgan fingerprint density at radius 1 is 1.08 bits per heavy atom. The molecule has 0 saturated carbocycles. The van der Waals surface area contributed by atoms with E-state index in [1.165, 1.54) is 48.5 Å². The van der Waals surface area contributed by atoms with Gasteiger partial charge >= 0.3 is 0 Å². The van der Waals surface area contributed by atoms with Crippen molar-refractivity contribution in [3.05, 3.63) is 75.1 Å². The molecule has 0 amide bonds. The monoisotopic (exact) mass is 361 g/mol. The molecule has 0 spiro atoms. The van der Waals surface area contributed by atoms with Gasteiger partial charge in [-0.05, 0) is 30.3 Å². The van der Waals surface area contributed by atoms with Crippen molar-refractivity contribution in [2.75, 3.05) is 0 Å². The summed E-state index contributed by atoms with van der Waals surface area (Å²) in [4.78, 5) is 22.0. The van der Waals surface area contributed by atoms with Gasteiger partial charge in [0.25, 0.3) is 21.4 Å². The summed E-state index contributed by atoms with van der Waals surface area (Å²) in [5, 5.41) is 13.5. The Labute approximate surface area is 141 Å². The van der Waals surface area contributed by atoms with Crippen molar-refractivity contribution in [2.45, 2.75) is 4.90 Å². The zero-order chi connectivity index (χ0) is 18.2. The first-order valence-corrected chi connectivity index (χ1v) is 8.34. The van der Waals surface area contributed by atoms with Crippen LogP contribution in [0.2, 0.25) is 0 Å². The quantitative estimate of drug-likeness (QED) is 0.414. The number of H-pyrrole nitrogens is 1. The fourth-order valence-corrected chi connectivity index (χ4v) is 2.80. The molecule has 128 valence electrons. The highest BCUT2D eigenvalue weighted by atomic mass is 32.2. The number of aromatic nitrogens is 2. The van der Waals surface area contributed by atoms with Gasteiger partial charge in [0.05, 0.1) is 21.2 Å². The van der Waals surface area contributed by atoms with Gasteiger partial charge in [-0.15, -0.1) is 0 Å². The molecule has 0 fully saturated rings. The smallest absolute Gasteiger partial charge is 0.290 e. The lowest BCUT2D eigenvalue weighted by Crippen LogP contribution is -2.14. The van der Waals surface area contributed by atoms with E-state index in [0.717, 1.165) is 10.7 Å². The van der Waals surface area contributed by atoms with Gasteiger partial charge in [0.2, 0.25) is 0 Å². The summed E-state index contributed by atoms with van der Waals surface area (Å²) in [5.41, 5.74) is 0.630. The number of rotatable bonds is 4. The molecule has 0 radical (unpaired) electrons. The summed E-state index contributed by atoms with van der Waals surface area (Å²) in [6.45, 7) is 0. The first kappa shape index (κ1) is 16.6. The van der Waals surface area contributed by atoms with E-state index in [-0.39, 0.29) is 16.3 Å². The minimum Gasteiger partial charge on any atom is -0.290 e. The lowest BCUT2D eigenvalue weighted by molar-refractivity contribution is -0.384. The van der Waals surface area contributed by atoms with Crippen molar-refractivity contribution in [1.82, 2.24) is 9.78 Å². The first-order chi connectivity index (χ1) is 11.8. The summed E-state index contributed by atoms with van der Waals surface area (Å²) in [5.74, 6) is 0. The fraction of sp³-hybridized carbons (Fsp3) is 0. The highest BCUT2D eigenvalue weighted by molar-refractivity contribution is 7.85. The van der Waals surface area contributed by atoms with Crippen molar-refractivity contribution >= 4 is 15.8 Å². The van der Waals surface area contributed by atoms with E-state index in [4.69, 9.17) is 4.55 Å².